The molecule has 0 bridgehead atoms. The third-order valence-corrected chi connectivity index (χ3v) is 5.63. The number of hydroxylamine groups is 1. The van der Waals surface area contributed by atoms with Crippen molar-refractivity contribution in [3.63, 3.8) is 0 Å². The van der Waals surface area contributed by atoms with E-state index in [1.807, 2.05) is 0 Å². The topological polar surface area (TPSA) is 87.4 Å². The number of nitrogens with one attached hydrogen (secondary N) is 2. The van der Waals surface area contributed by atoms with Crippen LogP contribution in [-0.2, 0) is 11.3 Å². The lowest BCUT2D eigenvalue weighted by atomic mass is 9.91. The summed E-state index contributed by atoms with van der Waals surface area (Å²) in [6.45, 7) is 0.166. The minimum atomic E-state index is -1.15. The summed E-state index contributed by atoms with van der Waals surface area (Å²) in [5, 5.41) is 15.6. The number of rotatable bonds is 5. The monoisotopic (exact) mass is 403 g/mol. The SMILES string of the molecule is O=C(NO)C1(NCc2cc(-c3ccc(Cl)c(F)c3F)on2)CCSCC1. The number of hydrogen-bond donors (Lipinski definition) is 3. The fourth-order valence-corrected chi connectivity index (χ4v) is 4.14. The molecule has 1 aliphatic rings. The van der Waals surface area contributed by atoms with Gasteiger partial charge in [0, 0.05) is 12.6 Å². The van der Waals surface area contributed by atoms with E-state index < -0.39 is 23.1 Å². The molecular weight excluding hydrogens is 388 g/mol. The predicted molar refractivity (Wildman–Crippen MR) is 92.9 cm³/mol. The molecule has 1 fully saturated rings. The van der Waals surface area contributed by atoms with Gasteiger partial charge in [-0.15, -0.1) is 0 Å². The molecule has 1 amide bonds. The van der Waals surface area contributed by atoms with Crippen molar-refractivity contribution in [2.45, 2.75) is 24.9 Å². The molecule has 1 aliphatic heterocycles. The molecule has 3 rings (SSSR count). The van der Waals surface area contributed by atoms with Crippen molar-refractivity contribution in [2.24, 2.45) is 0 Å². The normalized spacial score (nSPS) is 16.5. The van der Waals surface area contributed by atoms with Crippen molar-refractivity contribution in [1.29, 1.82) is 0 Å². The van der Waals surface area contributed by atoms with Gasteiger partial charge in [0.1, 0.15) is 5.54 Å². The maximum absolute atomic E-state index is 14.0. The smallest absolute Gasteiger partial charge is 0.263 e. The highest BCUT2D eigenvalue weighted by Gasteiger charge is 2.39. The van der Waals surface area contributed by atoms with Gasteiger partial charge < -0.3 is 4.52 Å². The fraction of sp³-hybridized carbons (Fsp3) is 0.375. The first-order valence-electron chi connectivity index (χ1n) is 7.83. The Morgan fingerprint density at radius 3 is 2.77 bits per heavy atom. The minimum Gasteiger partial charge on any atom is -0.356 e. The average molecular weight is 404 g/mol. The summed E-state index contributed by atoms with van der Waals surface area (Å²) in [6, 6.07) is 3.99. The Morgan fingerprint density at radius 1 is 1.35 bits per heavy atom. The second-order valence-electron chi connectivity index (χ2n) is 5.89. The Bertz CT molecular complexity index is 812. The van der Waals surface area contributed by atoms with Crippen molar-refractivity contribution in [3.05, 3.63) is 40.6 Å². The van der Waals surface area contributed by atoms with E-state index in [0.717, 1.165) is 11.5 Å². The standard InChI is InChI=1S/C16H16ClF2N3O3S/c17-11-2-1-10(13(18)14(11)19)12-7-9(22-25-12)8-20-16(15(23)21-24)3-5-26-6-4-16/h1-2,7,20,24H,3-6,8H2,(H,21,23). The Labute approximate surface area is 157 Å². The third kappa shape index (κ3) is 3.71. The zero-order valence-corrected chi connectivity index (χ0v) is 15.1. The molecule has 0 aliphatic carbocycles. The van der Waals surface area contributed by atoms with E-state index in [0.29, 0.717) is 18.5 Å². The Kier molecular flexibility index (Phi) is 5.81. The molecule has 140 valence electrons. The number of carbonyl (C=O) groups excluding carboxylic acids is 1. The van der Waals surface area contributed by atoms with Crippen molar-refractivity contribution in [1.82, 2.24) is 16.0 Å². The zero-order chi connectivity index (χ0) is 18.7. The lowest BCUT2D eigenvalue weighted by Crippen LogP contribution is -2.58. The Balaban J connectivity index is 1.76. The third-order valence-electron chi connectivity index (χ3n) is 4.35. The fourth-order valence-electron chi connectivity index (χ4n) is 2.81. The number of nitrogens with zero attached hydrogens (tertiary/aromatic N) is 1. The molecule has 6 nitrogen and oxygen atoms in total. The first-order chi connectivity index (χ1) is 12.5. The lowest BCUT2D eigenvalue weighted by molar-refractivity contribution is -0.136. The van der Waals surface area contributed by atoms with Crippen LogP contribution in [0.15, 0.2) is 22.7 Å². The average Bonchev–Trinajstić information content (AvgIpc) is 3.13. The first-order valence-corrected chi connectivity index (χ1v) is 9.37. The maximum atomic E-state index is 14.0. The van der Waals surface area contributed by atoms with Crippen molar-refractivity contribution in [3.8, 4) is 11.3 Å². The zero-order valence-electron chi connectivity index (χ0n) is 13.5. The van der Waals surface area contributed by atoms with Crippen LogP contribution in [0.25, 0.3) is 11.3 Å². The predicted octanol–water partition coefficient (Wildman–Crippen LogP) is 3.13. The Morgan fingerprint density at radius 2 is 2.08 bits per heavy atom. The molecule has 1 aromatic heterocycles. The molecular formula is C16H16ClF2N3O3S. The van der Waals surface area contributed by atoms with Crippen LogP contribution < -0.4 is 10.8 Å². The number of hydrogen-bond acceptors (Lipinski definition) is 6. The number of halogens is 3. The molecule has 1 saturated heterocycles. The van der Waals surface area contributed by atoms with Gasteiger partial charge >= 0.3 is 0 Å². The number of thioether (sulfide) groups is 1. The number of carbonyl (C=O) groups is 1. The van der Waals surface area contributed by atoms with Gasteiger partial charge in [0.05, 0.1) is 16.3 Å². The molecule has 0 saturated carbocycles. The van der Waals surface area contributed by atoms with E-state index >= 15 is 0 Å². The maximum Gasteiger partial charge on any atom is 0.263 e. The first kappa shape index (κ1) is 19.1. The summed E-state index contributed by atoms with van der Waals surface area (Å²) in [5.41, 5.74) is 1.12. The van der Waals surface area contributed by atoms with Crippen LogP contribution in [0.2, 0.25) is 5.02 Å². The molecule has 0 spiro atoms. The summed E-state index contributed by atoms with van der Waals surface area (Å²) < 4.78 is 32.7. The molecule has 2 heterocycles. The number of benzene rings is 1. The highest BCUT2D eigenvalue weighted by atomic mass is 35.5. The van der Waals surface area contributed by atoms with E-state index in [4.69, 9.17) is 21.3 Å². The second kappa shape index (κ2) is 7.91. The van der Waals surface area contributed by atoms with Crippen LogP contribution >= 0.6 is 23.4 Å². The summed E-state index contributed by atoms with van der Waals surface area (Å²) in [6.07, 6.45) is 1.09. The van der Waals surface area contributed by atoms with Gasteiger partial charge in [-0.25, -0.2) is 14.3 Å². The van der Waals surface area contributed by atoms with Gasteiger partial charge in [-0.2, -0.15) is 11.8 Å². The van der Waals surface area contributed by atoms with Crippen molar-refractivity contribution >= 4 is 29.3 Å². The van der Waals surface area contributed by atoms with Gasteiger partial charge in [0.2, 0.25) is 0 Å². The van der Waals surface area contributed by atoms with Crippen LogP contribution in [0, 0.1) is 11.6 Å². The van der Waals surface area contributed by atoms with E-state index in [9.17, 15) is 13.6 Å². The van der Waals surface area contributed by atoms with E-state index in [1.165, 1.54) is 18.2 Å². The van der Waals surface area contributed by atoms with Crippen LogP contribution in [0.5, 0.6) is 0 Å². The lowest BCUT2D eigenvalue weighted by Gasteiger charge is -2.35. The van der Waals surface area contributed by atoms with E-state index in [1.54, 1.807) is 17.2 Å². The molecule has 0 radical (unpaired) electrons. The van der Waals surface area contributed by atoms with Crippen LogP contribution in [0.4, 0.5) is 8.78 Å². The molecule has 10 heteroatoms. The Hall–Kier alpha value is -1.68. The van der Waals surface area contributed by atoms with Crippen LogP contribution in [-0.4, -0.2) is 33.3 Å². The van der Waals surface area contributed by atoms with Gasteiger partial charge in [-0.05, 0) is 36.5 Å². The van der Waals surface area contributed by atoms with Crippen molar-refractivity contribution in [2.75, 3.05) is 11.5 Å². The molecule has 0 unspecified atom stereocenters. The quantitative estimate of drug-likeness (QED) is 0.404. The summed E-state index contributed by atoms with van der Waals surface area (Å²) in [5.74, 6) is -1.17. The highest BCUT2D eigenvalue weighted by Crippen LogP contribution is 2.30. The summed E-state index contributed by atoms with van der Waals surface area (Å²) in [4.78, 5) is 12.1. The largest absolute Gasteiger partial charge is 0.356 e. The minimum absolute atomic E-state index is 0.0507. The second-order valence-corrected chi connectivity index (χ2v) is 7.53. The van der Waals surface area contributed by atoms with Gasteiger partial charge in [0.25, 0.3) is 5.91 Å². The molecule has 1 aromatic carbocycles. The number of amides is 1. The van der Waals surface area contributed by atoms with Crippen LogP contribution in [0.3, 0.4) is 0 Å². The van der Waals surface area contributed by atoms with Gasteiger partial charge in [-0.3, -0.25) is 15.3 Å². The molecule has 26 heavy (non-hydrogen) atoms. The van der Waals surface area contributed by atoms with E-state index in [-0.39, 0.29) is 22.9 Å². The van der Waals surface area contributed by atoms with E-state index in [2.05, 4.69) is 10.5 Å². The highest BCUT2D eigenvalue weighted by molar-refractivity contribution is 7.99. The molecule has 2 aromatic rings. The molecule has 0 atom stereocenters. The number of aromatic nitrogens is 1. The van der Waals surface area contributed by atoms with Gasteiger partial charge in [0.15, 0.2) is 17.4 Å². The van der Waals surface area contributed by atoms with Gasteiger partial charge in [-0.1, -0.05) is 16.8 Å². The summed E-state index contributed by atoms with van der Waals surface area (Å²) >= 11 is 7.27. The van der Waals surface area contributed by atoms with Crippen LogP contribution in [0.1, 0.15) is 18.5 Å². The molecule has 3 N–H and O–H groups in total. The van der Waals surface area contributed by atoms with Crippen molar-refractivity contribution < 1.29 is 23.3 Å². The summed E-state index contributed by atoms with van der Waals surface area (Å²) in [7, 11) is 0.